The van der Waals surface area contributed by atoms with E-state index in [9.17, 15) is 13.2 Å². The van der Waals surface area contributed by atoms with Crippen LogP contribution in [0.25, 0.3) is 0 Å². The molecule has 0 saturated heterocycles. The molecule has 0 atom stereocenters. The lowest BCUT2D eigenvalue weighted by Crippen LogP contribution is -2.39. The summed E-state index contributed by atoms with van der Waals surface area (Å²) in [5, 5.41) is 4.02. The van der Waals surface area contributed by atoms with Gasteiger partial charge in [0.15, 0.2) is 11.5 Å². The van der Waals surface area contributed by atoms with Gasteiger partial charge in [0.25, 0.3) is 5.91 Å². The van der Waals surface area contributed by atoms with Crippen LogP contribution in [0.4, 0.5) is 0 Å². The van der Waals surface area contributed by atoms with Gasteiger partial charge in [-0.15, -0.1) is 0 Å². The van der Waals surface area contributed by atoms with E-state index in [0.717, 1.165) is 26.3 Å². The highest BCUT2D eigenvalue weighted by molar-refractivity contribution is 9.10. The zero-order valence-corrected chi connectivity index (χ0v) is 24.1. The van der Waals surface area contributed by atoms with Gasteiger partial charge in [-0.2, -0.15) is 9.41 Å². The number of carbonyl (C=O) groups is 1. The number of hydrazone groups is 1. The highest BCUT2D eigenvalue weighted by Gasteiger charge is 2.27. The van der Waals surface area contributed by atoms with Crippen molar-refractivity contribution in [3.63, 3.8) is 0 Å². The van der Waals surface area contributed by atoms with Gasteiger partial charge < -0.3 is 9.47 Å². The lowest BCUT2D eigenvalue weighted by atomic mass is 10.1. The normalized spacial score (nSPS) is 11.6. The van der Waals surface area contributed by atoms with Crippen LogP contribution in [0.3, 0.4) is 0 Å². The van der Waals surface area contributed by atoms with Crippen LogP contribution in [0, 0.1) is 6.92 Å². The smallest absolute Gasteiger partial charge is 0.255 e. The molecule has 1 amide bonds. The highest BCUT2D eigenvalue weighted by atomic mass is 79.9. The van der Waals surface area contributed by atoms with Gasteiger partial charge in [-0.1, -0.05) is 52.7 Å². The molecule has 0 radical (unpaired) electrons. The first-order chi connectivity index (χ1) is 18.2. The fourth-order valence-corrected chi connectivity index (χ4v) is 5.11. The molecular formula is C28H32BrN3O5S. The van der Waals surface area contributed by atoms with E-state index in [-0.39, 0.29) is 11.4 Å². The van der Waals surface area contributed by atoms with Crippen LogP contribution in [0.1, 0.15) is 37.0 Å². The van der Waals surface area contributed by atoms with E-state index in [0.29, 0.717) is 30.3 Å². The Morgan fingerprint density at radius 2 is 1.71 bits per heavy atom. The molecule has 0 bridgehead atoms. The minimum absolute atomic E-state index is 0.0345. The van der Waals surface area contributed by atoms with Gasteiger partial charge in [0, 0.05) is 11.0 Å². The van der Waals surface area contributed by atoms with Crippen molar-refractivity contribution in [3.05, 3.63) is 87.9 Å². The number of hydrogen-bond acceptors (Lipinski definition) is 6. The summed E-state index contributed by atoms with van der Waals surface area (Å²) in [6, 6.07) is 19.2. The van der Waals surface area contributed by atoms with Crippen LogP contribution in [-0.2, 0) is 21.4 Å². The monoisotopic (exact) mass is 601 g/mol. The zero-order valence-electron chi connectivity index (χ0n) is 21.7. The van der Waals surface area contributed by atoms with Crippen molar-refractivity contribution >= 4 is 38.1 Å². The van der Waals surface area contributed by atoms with Crippen molar-refractivity contribution in [2.45, 2.75) is 38.6 Å². The number of carbonyl (C=O) groups excluding carboxylic acids is 1. The second kappa shape index (κ2) is 14.1. The summed E-state index contributed by atoms with van der Waals surface area (Å²) >= 11 is 3.32. The molecule has 10 heteroatoms. The molecule has 0 aliphatic carbocycles. The van der Waals surface area contributed by atoms with Crippen molar-refractivity contribution in [3.8, 4) is 11.5 Å². The van der Waals surface area contributed by atoms with E-state index < -0.39 is 22.5 Å². The van der Waals surface area contributed by atoms with Crippen LogP contribution in [-0.4, -0.2) is 44.6 Å². The number of amides is 1. The molecule has 0 spiro atoms. The Kier molecular flexibility index (Phi) is 10.9. The molecule has 8 nitrogen and oxygen atoms in total. The molecule has 0 aromatic heterocycles. The van der Waals surface area contributed by atoms with E-state index in [4.69, 9.17) is 9.47 Å². The van der Waals surface area contributed by atoms with E-state index in [1.807, 2.05) is 45.0 Å². The summed E-state index contributed by atoms with van der Waals surface area (Å²) in [7, 11) is -3.95. The first-order valence-corrected chi connectivity index (χ1v) is 14.5. The topological polar surface area (TPSA) is 97.3 Å². The SMILES string of the molecule is CCCOc1ccc(/C=N\NC(=O)CN(Cc2ccc(C)cc2)S(=O)(=O)c2ccc(Br)cc2)cc1OCC. The second-order valence-corrected chi connectivity index (χ2v) is 11.3. The molecule has 0 aliphatic rings. The summed E-state index contributed by atoms with van der Waals surface area (Å²) in [5.41, 5.74) is 4.95. The van der Waals surface area contributed by atoms with Gasteiger partial charge in [0.05, 0.1) is 30.9 Å². The van der Waals surface area contributed by atoms with Crippen LogP contribution in [0.5, 0.6) is 11.5 Å². The van der Waals surface area contributed by atoms with E-state index in [1.54, 1.807) is 30.3 Å². The largest absolute Gasteiger partial charge is 0.490 e. The molecule has 0 saturated carbocycles. The molecule has 202 valence electrons. The lowest BCUT2D eigenvalue weighted by Gasteiger charge is -2.21. The molecule has 38 heavy (non-hydrogen) atoms. The van der Waals surface area contributed by atoms with Gasteiger partial charge >= 0.3 is 0 Å². The highest BCUT2D eigenvalue weighted by Crippen LogP contribution is 2.28. The average molecular weight is 603 g/mol. The van der Waals surface area contributed by atoms with Crippen LogP contribution in [0.2, 0.25) is 0 Å². The number of sulfonamides is 1. The first kappa shape index (κ1) is 29.3. The number of nitrogens with zero attached hydrogens (tertiary/aromatic N) is 2. The summed E-state index contributed by atoms with van der Waals surface area (Å²) < 4.78 is 40.1. The molecule has 3 aromatic rings. The number of hydrogen-bond donors (Lipinski definition) is 1. The lowest BCUT2D eigenvalue weighted by molar-refractivity contribution is -0.121. The predicted molar refractivity (Wildman–Crippen MR) is 152 cm³/mol. The van der Waals surface area contributed by atoms with Gasteiger partial charge in [0.2, 0.25) is 10.0 Å². The summed E-state index contributed by atoms with van der Waals surface area (Å²) in [6.45, 7) is 6.54. The molecule has 0 fully saturated rings. The number of nitrogens with one attached hydrogen (secondary N) is 1. The number of aryl methyl sites for hydroxylation is 1. The van der Waals surface area contributed by atoms with Crippen LogP contribution in [0.15, 0.2) is 81.2 Å². The first-order valence-electron chi connectivity index (χ1n) is 12.3. The summed E-state index contributed by atoms with van der Waals surface area (Å²) in [5.74, 6) is 0.655. The summed E-state index contributed by atoms with van der Waals surface area (Å²) in [4.78, 5) is 12.9. The quantitative estimate of drug-likeness (QED) is 0.212. The van der Waals surface area contributed by atoms with Crippen molar-refractivity contribution in [1.29, 1.82) is 0 Å². The molecule has 0 heterocycles. The van der Waals surface area contributed by atoms with Crippen LogP contribution < -0.4 is 14.9 Å². The Morgan fingerprint density at radius 1 is 1.00 bits per heavy atom. The summed E-state index contributed by atoms with van der Waals surface area (Å²) in [6.07, 6.45) is 2.34. The fraction of sp³-hybridized carbons (Fsp3) is 0.286. The van der Waals surface area contributed by atoms with E-state index >= 15 is 0 Å². The maximum atomic E-state index is 13.4. The van der Waals surface area contributed by atoms with Crippen molar-refractivity contribution in [1.82, 2.24) is 9.73 Å². The third kappa shape index (κ3) is 8.41. The Balaban J connectivity index is 1.75. The fourth-order valence-electron chi connectivity index (χ4n) is 3.46. The number of rotatable bonds is 13. The number of benzene rings is 3. The Morgan fingerprint density at radius 3 is 2.37 bits per heavy atom. The van der Waals surface area contributed by atoms with Gasteiger partial charge in [-0.25, -0.2) is 13.8 Å². The van der Waals surface area contributed by atoms with E-state index in [1.165, 1.54) is 18.3 Å². The number of halogens is 1. The number of ether oxygens (including phenoxy) is 2. The zero-order chi connectivity index (χ0) is 27.5. The predicted octanol–water partition coefficient (Wildman–Crippen LogP) is 5.29. The molecule has 3 aromatic carbocycles. The molecule has 0 unspecified atom stereocenters. The van der Waals surface area contributed by atoms with Gasteiger partial charge in [-0.3, -0.25) is 4.79 Å². The molecule has 1 N–H and O–H groups in total. The third-order valence-electron chi connectivity index (χ3n) is 5.38. The minimum Gasteiger partial charge on any atom is -0.490 e. The molecule has 0 aliphatic heterocycles. The standard InChI is InChI=1S/C28H32BrN3O5S/c1-4-16-37-26-15-10-23(17-27(26)36-5-2)18-30-31-28(33)20-32(19-22-8-6-21(3)7-9-22)38(34,35)25-13-11-24(29)12-14-25/h6-15,17-18H,4-5,16,19-20H2,1-3H3,(H,31,33)/b30-18-. The van der Waals surface area contributed by atoms with Gasteiger partial charge in [0.1, 0.15) is 0 Å². The Labute approximate surface area is 232 Å². The van der Waals surface area contributed by atoms with Crippen molar-refractivity contribution < 1.29 is 22.7 Å². The van der Waals surface area contributed by atoms with Crippen molar-refractivity contribution in [2.75, 3.05) is 19.8 Å². The Hall–Kier alpha value is -3.21. The van der Waals surface area contributed by atoms with Crippen LogP contribution >= 0.6 is 15.9 Å². The maximum absolute atomic E-state index is 13.4. The third-order valence-corrected chi connectivity index (χ3v) is 7.72. The second-order valence-electron chi connectivity index (χ2n) is 8.49. The average Bonchev–Trinajstić information content (AvgIpc) is 2.89. The Bertz CT molecular complexity index is 1340. The van der Waals surface area contributed by atoms with E-state index in [2.05, 4.69) is 26.5 Å². The van der Waals surface area contributed by atoms with Gasteiger partial charge in [-0.05, 0) is 73.9 Å². The molecule has 3 rings (SSSR count). The van der Waals surface area contributed by atoms with Crippen molar-refractivity contribution in [2.24, 2.45) is 5.10 Å². The molecular weight excluding hydrogens is 570 g/mol. The maximum Gasteiger partial charge on any atom is 0.255 e. The minimum atomic E-state index is -3.95.